The summed E-state index contributed by atoms with van der Waals surface area (Å²) < 4.78 is 9.01. The highest BCUT2D eigenvalue weighted by molar-refractivity contribution is 6.05. The zero-order valence-corrected chi connectivity index (χ0v) is 36.3. The maximum absolute atomic E-state index is 14.3. The second kappa shape index (κ2) is 20.0. The Hall–Kier alpha value is -7.74. The summed E-state index contributed by atoms with van der Waals surface area (Å²) in [6, 6.07) is 62.8. The number of nitrogens with zero attached hydrogens (tertiary/aromatic N) is 4. The van der Waals surface area contributed by atoms with Gasteiger partial charge in [0.15, 0.2) is 0 Å². The second-order valence-electron chi connectivity index (χ2n) is 16.3. The molecule has 0 unspecified atom stereocenters. The lowest BCUT2D eigenvalue weighted by Crippen LogP contribution is -2.45. The van der Waals surface area contributed by atoms with Gasteiger partial charge in [-0.3, -0.25) is 4.79 Å². The molecule has 2 amide bonds. The number of carbonyl (C=O) groups excluding carboxylic acids is 1. The Morgan fingerprint density at radius 2 is 1.09 bits per heavy atom. The molecule has 1 aromatic heterocycles. The van der Waals surface area contributed by atoms with Crippen LogP contribution in [0.15, 0.2) is 200 Å². The smallest absolute Gasteiger partial charge is 0.407 e. The molecule has 0 fully saturated rings. The van der Waals surface area contributed by atoms with Gasteiger partial charge in [0, 0.05) is 23.7 Å². The molecule has 0 bridgehead atoms. The summed E-state index contributed by atoms with van der Waals surface area (Å²) in [5, 5.41) is 31.7. The molecular weight excluding hydrogens is 797 g/mol. The first-order chi connectivity index (χ1) is 31.1. The van der Waals surface area contributed by atoms with E-state index in [2.05, 4.69) is 83.4 Å². The number of nitrogens with one attached hydrogen (secondary N) is 2. The Bertz CT molecular complexity index is 2480. The average Bonchev–Trinajstić information content (AvgIpc) is 3.69. The van der Waals surface area contributed by atoms with E-state index in [1.165, 1.54) is 11.0 Å². The van der Waals surface area contributed by atoms with Crippen LogP contribution in [-0.4, -0.2) is 50.5 Å². The standard InChI is InChI=1S/C54H52N6O4/c1-52(2,3)59(51(62)63)37-35-41(34-36-55)50(61)57-48-40-56-60(38-39-64-54(45-28-16-7-17-29-45,46-30-18-8-19-31-46)47-32-20-9-21-33-47)49(48)58-53(42-22-10-4-11-23-42,43-24-12-5-13-25-43)44-26-14-6-15-27-44/h4-34,40,58H,35,37-39H2,1-3H3,(H,57,61)(H,62,63)/b41-34+. The van der Waals surface area contributed by atoms with Crippen LogP contribution >= 0.6 is 0 Å². The molecule has 1 heterocycles. The summed E-state index contributed by atoms with van der Waals surface area (Å²) in [6.07, 6.45) is 1.65. The minimum Gasteiger partial charge on any atom is -0.465 e. The van der Waals surface area contributed by atoms with Crippen molar-refractivity contribution in [1.29, 1.82) is 5.26 Å². The molecule has 0 saturated heterocycles. The van der Waals surface area contributed by atoms with Crippen LogP contribution in [0.3, 0.4) is 0 Å². The Balaban J connectivity index is 1.34. The highest BCUT2D eigenvalue weighted by Crippen LogP contribution is 2.43. The van der Waals surface area contributed by atoms with Gasteiger partial charge in [-0.05, 0) is 60.6 Å². The summed E-state index contributed by atoms with van der Waals surface area (Å²) in [5.74, 6) is -0.0722. The van der Waals surface area contributed by atoms with Crippen molar-refractivity contribution < 1.29 is 19.4 Å². The highest BCUT2D eigenvalue weighted by Gasteiger charge is 2.40. The van der Waals surface area contributed by atoms with E-state index in [-0.39, 0.29) is 31.7 Å². The first kappa shape index (κ1) is 44.3. The molecule has 3 N–H and O–H groups in total. The second-order valence-corrected chi connectivity index (χ2v) is 16.3. The van der Waals surface area contributed by atoms with Gasteiger partial charge in [-0.25, -0.2) is 9.48 Å². The third-order valence-electron chi connectivity index (χ3n) is 11.4. The molecular formula is C54H52N6O4. The van der Waals surface area contributed by atoms with E-state index in [1.807, 2.05) is 115 Å². The summed E-state index contributed by atoms with van der Waals surface area (Å²) in [4.78, 5) is 27.8. The van der Waals surface area contributed by atoms with Crippen LogP contribution in [0.5, 0.6) is 0 Å². The monoisotopic (exact) mass is 848 g/mol. The fraction of sp³-hybridized carbons (Fsp3) is 0.185. The molecule has 6 aromatic carbocycles. The van der Waals surface area contributed by atoms with Crippen molar-refractivity contribution in [3.63, 3.8) is 0 Å². The maximum atomic E-state index is 14.3. The third kappa shape index (κ3) is 9.50. The van der Waals surface area contributed by atoms with Gasteiger partial charge in [-0.2, -0.15) is 10.4 Å². The van der Waals surface area contributed by atoms with E-state index >= 15 is 0 Å². The van der Waals surface area contributed by atoms with Gasteiger partial charge in [0.2, 0.25) is 0 Å². The van der Waals surface area contributed by atoms with Crippen LogP contribution in [0, 0.1) is 11.3 Å². The van der Waals surface area contributed by atoms with Crippen LogP contribution in [0.2, 0.25) is 0 Å². The zero-order valence-electron chi connectivity index (χ0n) is 36.3. The Morgan fingerprint density at radius 3 is 1.47 bits per heavy atom. The van der Waals surface area contributed by atoms with E-state index in [0.717, 1.165) is 33.4 Å². The molecule has 0 aliphatic rings. The van der Waals surface area contributed by atoms with E-state index in [9.17, 15) is 20.0 Å². The van der Waals surface area contributed by atoms with Crippen molar-refractivity contribution in [3.8, 4) is 6.07 Å². The molecule has 0 atom stereocenters. The minimum absolute atomic E-state index is 0.00655. The molecule has 0 saturated carbocycles. The predicted molar refractivity (Wildman–Crippen MR) is 252 cm³/mol. The number of aromatic nitrogens is 2. The fourth-order valence-electron chi connectivity index (χ4n) is 8.27. The Labute approximate surface area is 375 Å². The van der Waals surface area contributed by atoms with Crippen LogP contribution in [0.25, 0.3) is 0 Å². The van der Waals surface area contributed by atoms with Gasteiger partial charge in [-0.1, -0.05) is 182 Å². The number of allylic oxidation sites excluding steroid dienone is 1. The number of carbonyl (C=O) groups is 2. The minimum atomic E-state index is -1.12. The van der Waals surface area contributed by atoms with Crippen molar-refractivity contribution in [2.45, 2.75) is 50.4 Å². The van der Waals surface area contributed by atoms with Crippen LogP contribution < -0.4 is 10.6 Å². The van der Waals surface area contributed by atoms with Crippen molar-refractivity contribution in [2.75, 3.05) is 23.8 Å². The van der Waals surface area contributed by atoms with E-state index in [1.54, 1.807) is 31.6 Å². The number of ether oxygens (including phenoxy) is 1. The summed E-state index contributed by atoms with van der Waals surface area (Å²) >= 11 is 0. The SMILES string of the molecule is CC(C)(C)N(CC/C(=C\C#N)C(=O)Nc1cnn(CCOC(c2ccccc2)(c2ccccc2)c2ccccc2)c1NC(c1ccccc1)(c1ccccc1)c1ccccc1)C(=O)O. The summed E-state index contributed by atoms with van der Waals surface area (Å²) in [7, 11) is 0. The largest absolute Gasteiger partial charge is 0.465 e. The molecule has 0 aliphatic heterocycles. The lowest BCUT2D eigenvalue weighted by molar-refractivity contribution is -0.113. The normalized spacial score (nSPS) is 11.9. The van der Waals surface area contributed by atoms with E-state index in [0.29, 0.717) is 11.5 Å². The third-order valence-corrected chi connectivity index (χ3v) is 11.4. The van der Waals surface area contributed by atoms with Gasteiger partial charge in [0.1, 0.15) is 22.6 Å². The molecule has 0 spiro atoms. The van der Waals surface area contributed by atoms with Gasteiger partial charge in [0.25, 0.3) is 5.91 Å². The van der Waals surface area contributed by atoms with Gasteiger partial charge >= 0.3 is 6.09 Å². The Kier molecular flexibility index (Phi) is 13.8. The highest BCUT2D eigenvalue weighted by atomic mass is 16.5. The maximum Gasteiger partial charge on any atom is 0.407 e. The first-order valence-electron chi connectivity index (χ1n) is 21.3. The lowest BCUT2D eigenvalue weighted by atomic mass is 9.77. The average molecular weight is 849 g/mol. The fourth-order valence-corrected chi connectivity index (χ4v) is 8.27. The van der Waals surface area contributed by atoms with Crippen molar-refractivity contribution in [2.24, 2.45) is 0 Å². The number of hydrogen-bond donors (Lipinski definition) is 3. The molecule has 10 nitrogen and oxygen atoms in total. The van der Waals surface area contributed by atoms with E-state index in [4.69, 9.17) is 9.84 Å². The number of nitriles is 1. The number of anilines is 2. The van der Waals surface area contributed by atoms with E-state index < -0.39 is 28.7 Å². The van der Waals surface area contributed by atoms with Gasteiger partial charge in [-0.15, -0.1) is 0 Å². The van der Waals surface area contributed by atoms with Crippen LogP contribution in [0.4, 0.5) is 16.3 Å². The Morgan fingerprint density at radius 1 is 0.688 bits per heavy atom. The number of benzene rings is 6. The molecule has 10 heteroatoms. The van der Waals surface area contributed by atoms with Crippen molar-refractivity contribution >= 4 is 23.5 Å². The van der Waals surface area contributed by atoms with Crippen molar-refractivity contribution in [3.05, 3.63) is 233 Å². The molecule has 322 valence electrons. The molecule has 7 rings (SSSR count). The van der Waals surface area contributed by atoms with Crippen LogP contribution in [0.1, 0.15) is 60.6 Å². The van der Waals surface area contributed by atoms with Gasteiger partial charge in [0.05, 0.1) is 25.4 Å². The molecule has 64 heavy (non-hydrogen) atoms. The number of rotatable bonds is 17. The summed E-state index contributed by atoms with van der Waals surface area (Å²) in [5.41, 5.74) is 3.44. The molecule has 7 aromatic rings. The first-order valence-corrected chi connectivity index (χ1v) is 21.3. The lowest BCUT2D eigenvalue weighted by Gasteiger charge is -2.38. The summed E-state index contributed by atoms with van der Waals surface area (Å²) in [6.45, 7) is 5.80. The molecule has 0 radical (unpaired) electrons. The van der Waals surface area contributed by atoms with Crippen molar-refractivity contribution in [1.82, 2.24) is 14.7 Å². The number of carboxylic acid groups (broad SMARTS) is 1. The zero-order chi connectivity index (χ0) is 45.0. The molecule has 0 aliphatic carbocycles. The van der Waals surface area contributed by atoms with Crippen LogP contribution in [-0.2, 0) is 27.2 Å². The topological polar surface area (TPSA) is 133 Å². The number of amides is 2. The number of hydrogen-bond acceptors (Lipinski definition) is 6. The van der Waals surface area contributed by atoms with Gasteiger partial charge < -0.3 is 25.4 Å². The quantitative estimate of drug-likeness (QED) is 0.0472. The predicted octanol–water partition coefficient (Wildman–Crippen LogP) is 10.9.